The van der Waals surface area contributed by atoms with E-state index in [-0.39, 0.29) is 24.4 Å². The van der Waals surface area contributed by atoms with E-state index in [1.54, 1.807) is 24.1 Å². The van der Waals surface area contributed by atoms with Crippen LogP contribution in [0.4, 0.5) is 4.39 Å². The second kappa shape index (κ2) is 7.63. The number of rotatable bonds is 5. The summed E-state index contributed by atoms with van der Waals surface area (Å²) in [7, 11) is 1.68. The summed E-state index contributed by atoms with van der Waals surface area (Å²) in [5.41, 5.74) is 0.625. The van der Waals surface area contributed by atoms with Crippen LogP contribution in [0.15, 0.2) is 48.5 Å². The van der Waals surface area contributed by atoms with Gasteiger partial charge in [-0.15, -0.1) is 10.2 Å². The third-order valence-electron chi connectivity index (χ3n) is 4.30. The SMILES string of the molecule is CN(C[C@H]1COc2ccccc2O1)C(=O)Cn1nnc(-c2ccc(F)cc2)n1. The normalized spacial score (nSPS) is 15.3. The van der Waals surface area contributed by atoms with E-state index in [1.165, 1.54) is 16.9 Å². The predicted molar refractivity (Wildman–Crippen MR) is 97.2 cm³/mol. The Hall–Kier alpha value is -3.49. The summed E-state index contributed by atoms with van der Waals surface area (Å²) >= 11 is 0. The number of carbonyl (C=O) groups is 1. The minimum Gasteiger partial charge on any atom is -0.486 e. The molecule has 2 aromatic carbocycles. The minimum absolute atomic E-state index is 0.0607. The lowest BCUT2D eigenvalue weighted by Crippen LogP contribution is -2.43. The van der Waals surface area contributed by atoms with Crippen LogP contribution in [0, 0.1) is 5.82 Å². The fraction of sp³-hybridized carbons (Fsp3) is 0.263. The van der Waals surface area contributed by atoms with Crippen molar-refractivity contribution >= 4 is 5.91 Å². The van der Waals surface area contributed by atoms with Gasteiger partial charge >= 0.3 is 0 Å². The summed E-state index contributed by atoms with van der Waals surface area (Å²) in [6.45, 7) is 0.673. The van der Waals surface area contributed by atoms with E-state index < -0.39 is 0 Å². The predicted octanol–water partition coefficient (Wildman–Crippen LogP) is 1.78. The van der Waals surface area contributed by atoms with Crippen LogP contribution >= 0.6 is 0 Å². The largest absolute Gasteiger partial charge is 0.486 e. The first-order valence-corrected chi connectivity index (χ1v) is 8.74. The van der Waals surface area contributed by atoms with Crippen molar-refractivity contribution in [3.05, 3.63) is 54.3 Å². The number of amides is 1. The van der Waals surface area contributed by atoms with E-state index in [9.17, 15) is 9.18 Å². The average molecular weight is 383 g/mol. The second-order valence-corrected chi connectivity index (χ2v) is 6.42. The Labute approximate surface area is 160 Å². The van der Waals surface area contributed by atoms with Gasteiger partial charge in [-0.05, 0) is 41.6 Å². The molecule has 1 aliphatic rings. The molecule has 3 aromatic rings. The lowest BCUT2D eigenvalue weighted by Gasteiger charge is -2.29. The van der Waals surface area contributed by atoms with Crippen LogP contribution in [0.1, 0.15) is 0 Å². The first-order valence-electron chi connectivity index (χ1n) is 8.74. The van der Waals surface area contributed by atoms with Crippen LogP contribution in [0.5, 0.6) is 11.5 Å². The highest BCUT2D eigenvalue weighted by molar-refractivity contribution is 5.75. The van der Waals surface area contributed by atoms with Gasteiger partial charge in [-0.3, -0.25) is 4.79 Å². The monoisotopic (exact) mass is 383 g/mol. The molecule has 28 heavy (non-hydrogen) atoms. The molecule has 0 radical (unpaired) electrons. The molecule has 1 atom stereocenters. The molecule has 0 saturated heterocycles. The number of tetrazole rings is 1. The number of hydrogen-bond donors (Lipinski definition) is 0. The molecule has 1 amide bonds. The highest BCUT2D eigenvalue weighted by Gasteiger charge is 2.24. The van der Waals surface area contributed by atoms with Crippen LogP contribution in [-0.2, 0) is 11.3 Å². The van der Waals surface area contributed by atoms with Gasteiger partial charge in [0.05, 0.1) is 6.54 Å². The molecule has 144 valence electrons. The van der Waals surface area contributed by atoms with Crippen LogP contribution in [-0.4, -0.2) is 57.3 Å². The van der Waals surface area contributed by atoms with Gasteiger partial charge in [0, 0.05) is 12.6 Å². The number of para-hydroxylation sites is 2. The van der Waals surface area contributed by atoms with Gasteiger partial charge < -0.3 is 14.4 Å². The van der Waals surface area contributed by atoms with Crippen molar-refractivity contribution < 1.29 is 18.7 Å². The molecule has 4 rings (SSSR count). The first kappa shape index (κ1) is 17.9. The van der Waals surface area contributed by atoms with E-state index in [0.29, 0.717) is 36.0 Å². The summed E-state index contributed by atoms with van der Waals surface area (Å²) in [5, 5.41) is 12.0. The number of likely N-dealkylation sites (N-methyl/N-ethyl adjacent to an activating group) is 1. The Kier molecular flexibility index (Phi) is 4.88. The molecule has 2 heterocycles. The lowest BCUT2D eigenvalue weighted by atomic mass is 10.2. The van der Waals surface area contributed by atoms with Gasteiger partial charge in [-0.1, -0.05) is 12.1 Å². The van der Waals surface area contributed by atoms with Crippen molar-refractivity contribution in [2.45, 2.75) is 12.6 Å². The van der Waals surface area contributed by atoms with Gasteiger partial charge in [0.2, 0.25) is 11.7 Å². The summed E-state index contributed by atoms with van der Waals surface area (Å²) < 4.78 is 24.6. The molecule has 0 spiro atoms. The summed E-state index contributed by atoms with van der Waals surface area (Å²) in [6, 6.07) is 13.2. The van der Waals surface area contributed by atoms with Crippen LogP contribution < -0.4 is 9.47 Å². The minimum atomic E-state index is -0.343. The molecule has 0 fully saturated rings. The smallest absolute Gasteiger partial charge is 0.246 e. The van der Waals surface area contributed by atoms with Crippen LogP contribution in [0.25, 0.3) is 11.4 Å². The van der Waals surface area contributed by atoms with Crippen LogP contribution in [0.2, 0.25) is 0 Å². The second-order valence-electron chi connectivity index (χ2n) is 6.42. The molecule has 1 aromatic heterocycles. The molecule has 9 heteroatoms. The number of aromatic nitrogens is 4. The van der Waals surface area contributed by atoms with E-state index in [4.69, 9.17) is 9.47 Å². The van der Waals surface area contributed by atoms with Gasteiger partial charge in [0.15, 0.2) is 17.6 Å². The topological polar surface area (TPSA) is 82.4 Å². The average Bonchev–Trinajstić information content (AvgIpc) is 3.17. The molecule has 8 nitrogen and oxygen atoms in total. The molecule has 0 saturated carbocycles. The molecule has 0 unspecified atom stereocenters. The number of fused-ring (bicyclic) bond motifs is 1. The number of carbonyl (C=O) groups excluding carboxylic acids is 1. The quantitative estimate of drug-likeness (QED) is 0.668. The molecule has 1 aliphatic heterocycles. The van der Waals surface area contributed by atoms with E-state index in [2.05, 4.69) is 15.4 Å². The van der Waals surface area contributed by atoms with Crippen molar-refractivity contribution in [3.8, 4) is 22.9 Å². The van der Waals surface area contributed by atoms with Gasteiger partial charge in [-0.25, -0.2) is 4.39 Å². The number of nitrogens with zero attached hydrogens (tertiary/aromatic N) is 5. The van der Waals surface area contributed by atoms with E-state index in [0.717, 1.165) is 0 Å². The summed E-state index contributed by atoms with van der Waals surface area (Å²) in [6.07, 6.45) is -0.262. The first-order chi connectivity index (χ1) is 13.6. The Morgan fingerprint density at radius 2 is 1.96 bits per heavy atom. The Morgan fingerprint density at radius 3 is 2.75 bits per heavy atom. The van der Waals surface area contributed by atoms with Gasteiger partial charge in [0.25, 0.3) is 0 Å². The fourth-order valence-electron chi connectivity index (χ4n) is 2.83. The maximum atomic E-state index is 13.0. The molecule has 0 bridgehead atoms. The summed E-state index contributed by atoms with van der Waals surface area (Å²) in [4.78, 5) is 15.2. The van der Waals surface area contributed by atoms with Crippen molar-refractivity contribution in [2.75, 3.05) is 20.2 Å². The zero-order valence-electron chi connectivity index (χ0n) is 15.2. The van der Waals surface area contributed by atoms with Crippen molar-refractivity contribution in [3.63, 3.8) is 0 Å². The summed E-state index contributed by atoms with van der Waals surface area (Å²) in [5.74, 6) is 1.17. The van der Waals surface area contributed by atoms with E-state index in [1.807, 2.05) is 24.3 Å². The van der Waals surface area contributed by atoms with Gasteiger partial charge in [0.1, 0.15) is 19.0 Å². The number of halogens is 1. The molecular formula is C19H18FN5O3. The van der Waals surface area contributed by atoms with Crippen molar-refractivity contribution in [1.82, 2.24) is 25.1 Å². The van der Waals surface area contributed by atoms with Crippen LogP contribution in [0.3, 0.4) is 0 Å². The third-order valence-corrected chi connectivity index (χ3v) is 4.30. The van der Waals surface area contributed by atoms with Crippen molar-refractivity contribution in [2.24, 2.45) is 0 Å². The van der Waals surface area contributed by atoms with Crippen molar-refractivity contribution in [1.29, 1.82) is 0 Å². The molecule has 0 aliphatic carbocycles. The third kappa shape index (κ3) is 3.93. The standard InChI is InChI=1S/C19H18FN5O3/c1-24(10-15-12-27-16-4-2-3-5-17(16)28-15)18(26)11-25-22-19(21-23-25)13-6-8-14(20)9-7-13/h2-9,15H,10-12H2,1H3/t15-/m0/s1. The number of hydrogen-bond acceptors (Lipinski definition) is 6. The highest BCUT2D eigenvalue weighted by atomic mass is 19.1. The lowest BCUT2D eigenvalue weighted by molar-refractivity contribution is -0.132. The van der Waals surface area contributed by atoms with Gasteiger partial charge in [-0.2, -0.15) is 4.80 Å². The maximum absolute atomic E-state index is 13.0. The Morgan fingerprint density at radius 1 is 1.21 bits per heavy atom. The highest BCUT2D eigenvalue weighted by Crippen LogP contribution is 2.30. The van der Waals surface area contributed by atoms with E-state index >= 15 is 0 Å². The maximum Gasteiger partial charge on any atom is 0.246 e. The fourth-order valence-corrected chi connectivity index (χ4v) is 2.83. The molecule has 0 N–H and O–H groups in total. The number of benzene rings is 2. The molecular weight excluding hydrogens is 365 g/mol. The zero-order chi connectivity index (χ0) is 19.5. The zero-order valence-corrected chi connectivity index (χ0v) is 15.2. The Balaban J connectivity index is 1.34. The number of ether oxygens (including phenoxy) is 2. The Bertz CT molecular complexity index is 976.